The van der Waals surface area contributed by atoms with Gasteiger partial charge in [-0.1, -0.05) is 29.5 Å². The first-order valence-electron chi connectivity index (χ1n) is 9.01. The number of thiazole rings is 1. The molecular weight excluding hydrogens is 408 g/mol. The highest BCUT2D eigenvalue weighted by Gasteiger charge is 2.33. The minimum Gasteiger partial charge on any atom is -0.508 e. The van der Waals surface area contributed by atoms with Crippen LogP contribution in [0.5, 0.6) is 5.75 Å². The van der Waals surface area contributed by atoms with Crippen molar-refractivity contribution in [2.24, 2.45) is 4.99 Å². The molecule has 0 saturated heterocycles. The Hall–Kier alpha value is -2.97. The molecule has 148 valence electrons. The summed E-state index contributed by atoms with van der Waals surface area (Å²) in [5.41, 5.74) is 1.41. The Morgan fingerprint density at radius 1 is 1.34 bits per heavy atom. The van der Waals surface area contributed by atoms with Crippen LogP contribution in [0.25, 0.3) is 6.08 Å². The molecule has 6 nitrogen and oxygen atoms in total. The molecule has 0 aliphatic carbocycles. The first-order valence-corrected chi connectivity index (χ1v) is 10.7. The third-order valence-corrected chi connectivity index (χ3v) is 6.41. The number of hydrogen-bond donors (Lipinski definition) is 1. The maximum Gasteiger partial charge on any atom is 0.338 e. The van der Waals surface area contributed by atoms with E-state index in [4.69, 9.17) is 4.74 Å². The molecule has 0 saturated carbocycles. The van der Waals surface area contributed by atoms with Crippen molar-refractivity contribution in [2.45, 2.75) is 19.9 Å². The zero-order valence-electron chi connectivity index (χ0n) is 15.8. The molecule has 0 fully saturated rings. The second-order valence-corrected chi connectivity index (χ2v) is 8.40. The Kier molecular flexibility index (Phi) is 5.21. The SMILES string of the molecule is CCOC(=O)C1=C(C)N=c2s/c(=C\c3cccc(O)c3)c(=O)n2C1c1cccs1. The summed E-state index contributed by atoms with van der Waals surface area (Å²) < 4.78 is 7.29. The molecule has 2 aromatic heterocycles. The number of carbonyl (C=O) groups excluding carboxylic acids is 1. The smallest absolute Gasteiger partial charge is 0.338 e. The summed E-state index contributed by atoms with van der Waals surface area (Å²) in [7, 11) is 0. The average molecular weight is 427 g/mol. The Labute approximate surface area is 174 Å². The van der Waals surface area contributed by atoms with E-state index >= 15 is 0 Å². The van der Waals surface area contributed by atoms with Crippen LogP contribution in [0.2, 0.25) is 0 Å². The number of hydrogen-bond acceptors (Lipinski definition) is 7. The summed E-state index contributed by atoms with van der Waals surface area (Å²) in [5.74, 6) is -0.335. The van der Waals surface area contributed by atoms with E-state index in [0.717, 1.165) is 4.88 Å². The first kappa shape index (κ1) is 19.4. The van der Waals surface area contributed by atoms with Crippen molar-refractivity contribution >= 4 is 34.7 Å². The van der Waals surface area contributed by atoms with E-state index in [9.17, 15) is 14.7 Å². The Morgan fingerprint density at radius 3 is 2.86 bits per heavy atom. The summed E-state index contributed by atoms with van der Waals surface area (Å²) in [6.07, 6.45) is 1.72. The van der Waals surface area contributed by atoms with Crippen molar-refractivity contribution in [3.8, 4) is 5.75 Å². The fourth-order valence-corrected chi connectivity index (χ4v) is 5.14. The number of esters is 1. The number of carbonyl (C=O) groups is 1. The molecule has 3 aromatic rings. The lowest BCUT2D eigenvalue weighted by Gasteiger charge is -2.23. The topological polar surface area (TPSA) is 80.9 Å². The Balaban J connectivity index is 1.94. The number of fused-ring (bicyclic) bond motifs is 1. The van der Waals surface area contributed by atoms with Crippen molar-refractivity contribution in [3.05, 3.63) is 83.2 Å². The number of aromatic hydroxyl groups is 1. The van der Waals surface area contributed by atoms with Crippen LogP contribution in [-0.2, 0) is 9.53 Å². The molecule has 1 atom stereocenters. The van der Waals surface area contributed by atoms with E-state index in [1.807, 2.05) is 23.6 Å². The lowest BCUT2D eigenvalue weighted by atomic mass is 10.0. The lowest BCUT2D eigenvalue weighted by molar-refractivity contribution is -0.139. The van der Waals surface area contributed by atoms with Gasteiger partial charge in [-0.25, -0.2) is 9.79 Å². The van der Waals surface area contributed by atoms with Gasteiger partial charge >= 0.3 is 5.97 Å². The second-order valence-electron chi connectivity index (χ2n) is 6.41. The van der Waals surface area contributed by atoms with Gasteiger partial charge in [0, 0.05) is 4.88 Å². The largest absolute Gasteiger partial charge is 0.508 e. The molecule has 0 bridgehead atoms. The van der Waals surface area contributed by atoms with Gasteiger partial charge in [0.2, 0.25) is 0 Å². The zero-order valence-corrected chi connectivity index (χ0v) is 17.4. The highest BCUT2D eigenvalue weighted by molar-refractivity contribution is 7.10. The van der Waals surface area contributed by atoms with Crippen molar-refractivity contribution in [2.75, 3.05) is 6.61 Å². The standard InChI is InChI=1S/C21H18N2O4S2/c1-3-27-20(26)17-12(2)22-21-23(18(17)15-8-5-9-28-15)19(25)16(29-21)11-13-6-4-7-14(24)10-13/h4-11,18,24H,3H2,1-2H3/b16-11-. The number of ether oxygens (including phenoxy) is 1. The number of nitrogens with zero attached hydrogens (tertiary/aromatic N) is 2. The average Bonchev–Trinajstić information content (AvgIpc) is 3.30. The number of benzene rings is 1. The highest BCUT2D eigenvalue weighted by atomic mass is 32.1. The van der Waals surface area contributed by atoms with Crippen molar-refractivity contribution in [3.63, 3.8) is 0 Å². The van der Waals surface area contributed by atoms with Crippen LogP contribution < -0.4 is 14.9 Å². The van der Waals surface area contributed by atoms with Gasteiger partial charge in [-0.2, -0.15) is 0 Å². The van der Waals surface area contributed by atoms with Gasteiger partial charge in [0.15, 0.2) is 4.80 Å². The first-order chi connectivity index (χ1) is 14.0. The predicted molar refractivity (Wildman–Crippen MR) is 113 cm³/mol. The molecule has 1 unspecified atom stereocenters. The van der Waals surface area contributed by atoms with Gasteiger partial charge in [-0.05, 0) is 49.1 Å². The molecule has 1 N–H and O–H groups in total. The minimum atomic E-state index is -0.573. The monoisotopic (exact) mass is 426 g/mol. The number of allylic oxidation sites excluding steroid dienone is 1. The number of phenols is 1. The van der Waals surface area contributed by atoms with Crippen molar-refractivity contribution in [1.29, 1.82) is 0 Å². The van der Waals surface area contributed by atoms with Gasteiger partial charge < -0.3 is 9.84 Å². The van der Waals surface area contributed by atoms with Crippen molar-refractivity contribution in [1.82, 2.24) is 4.57 Å². The van der Waals surface area contributed by atoms with Gasteiger partial charge in [-0.15, -0.1) is 11.3 Å². The van der Waals surface area contributed by atoms with Gasteiger partial charge in [0.25, 0.3) is 5.56 Å². The number of aromatic nitrogens is 1. The molecule has 29 heavy (non-hydrogen) atoms. The Bertz CT molecular complexity index is 1280. The molecule has 0 spiro atoms. The van der Waals surface area contributed by atoms with Gasteiger partial charge in [0.1, 0.15) is 11.8 Å². The fraction of sp³-hybridized carbons (Fsp3) is 0.190. The molecule has 4 rings (SSSR count). The fourth-order valence-electron chi connectivity index (χ4n) is 3.27. The maximum absolute atomic E-state index is 13.3. The van der Waals surface area contributed by atoms with E-state index < -0.39 is 12.0 Å². The number of phenolic OH excluding ortho intramolecular Hbond substituents is 1. The number of thiophene rings is 1. The van der Waals surface area contributed by atoms with Gasteiger partial charge in [-0.3, -0.25) is 9.36 Å². The summed E-state index contributed by atoms with van der Waals surface area (Å²) in [6.45, 7) is 3.76. The quantitative estimate of drug-likeness (QED) is 0.650. The molecule has 1 aliphatic heterocycles. The molecule has 0 radical (unpaired) electrons. The van der Waals surface area contributed by atoms with Crippen LogP contribution in [0.4, 0.5) is 0 Å². The molecule has 0 amide bonds. The molecule has 3 heterocycles. The van der Waals surface area contributed by atoms with Crippen LogP contribution in [0.1, 0.15) is 30.3 Å². The van der Waals surface area contributed by atoms with Gasteiger partial charge in [0.05, 0.1) is 22.4 Å². The lowest BCUT2D eigenvalue weighted by Crippen LogP contribution is -2.39. The van der Waals surface area contributed by atoms with E-state index in [1.165, 1.54) is 22.7 Å². The van der Waals surface area contributed by atoms with Crippen LogP contribution in [0, 0.1) is 0 Å². The summed E-state index contributed by atoms with van der Waals surface area (Å²) in [6, 6.07) is 9.91. The van der Waals surface area contributed by atoms with E-state index in [0.29, 0.717) is 26.2 Å². The third kappa shape index (κ3) is 3.56. The maximum atomic E-state index is 13.3. The van der Waals surface area contributed by atoms with E-state index in [2.05, 4.69) is 4.99 Å². The minimum absolute atomic E-state index is 0.128. The third-order valence-electron chi connectivity index (χ3n) is 4.50. The highest BCUT2D eigenvalue weighted by Crippen LogP contribution is 2.33. The van der Waals surface area contributed by atoms with Crippen LogP contribution in [-0.4, -0.2) is 22.2 Å². The normalized spacial score (nSPS) is 16.5. The predicted octanol–water partition coefficient (Wildman–Crippen LogP) is 2.57. The van der Waals surface area contributed by atoms with Crippen LogP contribution >= 0.6 is 22.7 Å². The summed E-state index contributed by atoms with van der Waals surface area (Å²) in [4.78, 5) is 31.9. The molecule has 1 aromatic carbocycles. The van der Waals surface area contributed by atoms with Crippen LogP contribution in [0.15, 0.2) is 62.8 Å². The number of rotatable bonds is 4. The Morgan fingerprint density at radius 2 is 2.17 bits per heavy atom. The van der Waals surface area contributed by atoms with E-state index in [1.54, 1.807) is 42.7 Å². The summed E-state index contributed by atoms with van der Waals surface area (Å²) in [5, 5.41) is 11.6. The molecule has 1 aliphatic rings. The van der Waals surface area contributed by atoms with Crippen molar-refractivity contribution < 1.29 is 14.6 Å². The molecule has 8 heteroatoms. The molecular formula is C21H18N2O4S2. The zero-order chi connectivity index (χ0) is 20.5. The van der Waals surface area contributed by atoms with Crippen LogP contribution in [0.3, 0.4) is 0 Å². The van der Waals surface area contributed by atoms with E-state index in [-0.39, 0.29) is 17.9 Å². The second kappa shape index (κ2) is 7.81. The summed E-state index contributed by atoms with van der Waals surface area (Å²) >= 11 is 2.74.